The van der Waals surface area contributed by atoms with E-state index in [4.69, 9.17) is 4.74 Å². The van der Waals surface area contributed by atoms with Crippen LogP contribution in [-0.2, 0) is 20.7 Å². The fourth-order valence-corrected chi connectivity index (χ4v) is 4.95. The van der Waals surface area contributed by atoms with Gasteiger partial charge in [0.05, 0.1) is 24.1 Å². The van der Waals surface area contributed by atoms with Crippen molar-refractivity contribution < 1.29 is 19.1 Å². The summed E-state index contributed by atoms with van der Waals surface area (Å²) in [6, 6.07) is 7.52. The third-order valence-corrected chi connectivity index (χ3v) is 6.24. The Kier molecular flexibility index (Phi) is 6.41. The number of anilines is 2. The van der Waals surface area contributed by atoms with Crippen LogP contribution in [-0.4, -0.2) is 37.2 Å². The molecule has 0 aliphatic carbocycles. The van der Waals surface area contributed by atoms with E-state index in [1.807, 2.05) is 29.6 Å². The van der Waals surface area contributed by atoms with Crippen LogP contribution in [0.3, 0.4) is 0 Å². The Balaban J connectivity index is 1.79. The fraction of sp³-hybridized carbons (Fsp3) is 0.350. The number of amides is 2. The van der Waals surface area contributed by atoms with E-state index in [1.165, 1.54) is 35.1 Å². The van der Waals surface area contributed by atoms with Gasteiger partial charge in [0.2, 0.25) is 11.8 Å². The molecule has 2 heterocycles. The maximum absolute atomic E-state index is 12.7. The number of benzene rings is 1. The van der Waals surface area contributed by atoms with Crippen molar-refractivity contribution in [1.29, 1.82) is 0 Å². The van der Waals surface area contributed by atoms with Gasteiger partial charge in [0.15, 0.2) is 0 Å². The molecule has 0 saturated carbocycles. The molecule has 0 bridgehead atoms. The SMILES string of the molecule is COC(=O)c1c(CC(C)C)csc1NC(=O)CN1C(=O)CSc2ccccc21. The molecule has 3 rings (SSSR count). The van der Waals surface area contributed by atoms with Gasteiger partial charge in [-0.15, -0.1) is 23.1 Å². The summed E-state index contributed by atoms with van der Waals surface area (Å²) in [5.74, 6) is -0.267. The highest BCUT2D eigenvalue weighted by atomic mass is 32.2. The molecule has 1 aliphatic rings. The van der Waals surface area contributed by atoms with Crippen molar-refractivity contribution >= 4 is 51.6 Å². The highest BCUT2D eigenvalue weighted by molar-refractivity contribution is 8.00. The first-order valence-corrected chi connectivity index (χ1v) is 10.8. The van der Waals surface area contributed by atoms with Crippen LogP contribution in [0.2, 0.25) is 0 Å². The minimum atomic E-state index is -0.469. The van der Waals surface area contributed by atoms with Crippen molar-refractivity contribution in [3.05, 3.63) is 40.8 Å². The Labute approximate surface area is 172 Å². The molecule has 6 nitrogen and oxygen atoms in total. The van der Waals surface area contributed by atoms with Gasteiger partial charge in [0.25, 0.3) is 0 Å². The van der Waals surface area contributed by atoms with E-state index < -0.39 is 5.97 Å². The largest absolute Gasteiger partial charge is 0.465 e. The zero-order valence-corrected chi connectivity index (χ0v) is 17.6. The topological polar surface area (TPSA) is 75.7 Å². The van der Waals surface area contributed by atoms with E-state index in [2.05, 4.69) is 19.2 Å². The number of hydrogen-bond acceptors (Lipinski definition) is 6. The first-order valence-electron chi connectivity index (χ1n) is 8.91. The van der Waals surface area contributed by atoms with Gasteiger partial charge in [-0.05, 0) is 35.4 Å². The molecule has 0 atom stereocenters. The Morgan fingerprint density at radius 3 is 2.75 bits per heavy atom. The minimum Gasteiger partial charge on any atom is -0.465 e. The van der Waals surface area contributed by atoms with E-state index in [-0.39, 0.29) is 18.4 Å². The standard InChI is InChI=1S/C20H22N2O4S2/c1-12(2)8-13-10-28-19(18(13)20(25)26-3)21-16(23)9-22-14-6-4-5-7-15(14)27-11-17(22)24/h4-7,10,12H,8-9,11H2,1-3H3,(H,21,23). The normalized spacial score (nSPS) is 13.4. The monoisotopic (exact) mass is 418 g/mol. The van der Waals surface area contributed by atoms with Crippen LogP contribution in [0, 0.1) is 5.92 Å². The van der Waals surface area contributed by atoms with Gasteiger partial charge in [0, 0.05) is 4.90 Å². The van der Waals surface area contributed by atoms with Crippen molar-refractivity contribution in [1.82, 2.24) is 0 Å². The summed E-state index contributed by atoms with van der Waals surface area (Å²) < 4.78 is 4.90. The van der Waals surface area contributed by atoms with Crippen LogP contribution >= 0.6 is 23.1 Å². The number of rotatable bonds is 6. The predicted molar refractivity (Wildman–Crippen MR) is 112 cm³/mol. The number of hydrogen-bond donors (Lipinski definition) is 1. The minimum absolute atomic E-state index is 0.103. The molecular weight excluding hydrogens is 396 g/mol. The maximum atomic E-state index is 12.7. The summed E-state index contributed by atoms with van der Waals surface area (Å²) in [4.78, 5) is 39.7. The fourth-order valence-electron chi connectivity index (χ4n) is 3.04. The summed E-state index contributed by atoms with van der Waals surface area (Å²) >= 11 is 2.77. The van der Waals surface area contributed by atoms with Crippen molar-refractivity contribution in [2.24, 2.45) is 5.92 Å². The van der Waals surface area contributed by atoms with Gasteiger partial charge >= 0.3 is 5.97 Å². The van der Waals surface area contributed by atoms with E-state index >= 15 is 0 Å². The number of carbonyl (C=O) groups is 3. The van der Waals surface area contributed by atoms with Crippen LogP contribution in [0.4, 0.5) is 10.7 Å². The lowest BCUT2D eigenvalue weighted by atomic mass is 10.0. The average Bonchev–Trinajstić information content (AvgIpc) is 3.04. The number of fused-ring (bicyclic) bond motifs is 1. The summed E-state index contributed by atoms with van der Waals surface area (Å²) in [7, 11) is 1.33. The highest BCUT2D eigenvalue weighted by Crippen LogP contribution is 2.35. The number of nitrogens with one attached hydrogen (secondary N) is 1. The molecule has 2 amide bonds. The lowest BCUT2D eigenvalue weighted by molar-refractivity contribution is -0.120. The quantitative estimate of drug-likeness (QED) is 0.722. The van der Waals surface area contributed by atoms with Crippen LogP contribution < -0.4 is 10.2 Å². The summed E-state index contributed by atoms with van der Waals surface area (Å²) in [5.41, 5.74) is 1.99. The molecule has 8 heteroatoms. The molecule has 148 valence electrons. The molecule has 1 N–H and O–H groups in total. The lowest BCUT2D eigenvalue weighted by Crippen LogP contribution is -2.41. The molecule has 1 aromatic heterocycles. The third kappa shape index (κ3) is 4.39. The molecule has 0 radical (unpaired) electrons. The molecule has 0 spiro atoms. The van der Waals surface area contributed by atoms with Crippen LogP contribution in [0.1, 0.15) is 29.8 Å². The Morgan fingerprint density at radius 2 is 2.04 bits per heavy atom. The first-order chi connectivity index (χ1) is 13.4. The van der Waals surface area contributed by atoms with Crippen molar-refractivity contribution in [2.75, 3.05) is 29.6 Å². The number of thioether (sulfide) groups is 1. The van der Waals surface area contributed by atoms with Crippen molar-refractivity contribution in [2.45, 2.75) is 25.2 Å². The van der Waals surface area contributed by atoms with E-state index in [9.17, 15) is 14.4 Å². The molecular formula is C20H22N2O4S2. The number of esters is 1. The van der Waals surface area contributed by atoms with Gasteiger partial charge in [-0.3, -0.25) is 9.59 Å². The second kappa shape index (κ2) is 8.79. The van der Waals surface area contributed by atoms with Gasteiger partial charge in [-0.25, -0.2) is 4.79 Å². The first kappa shape index (κ1) is 20.4. The Bertz CT molecular complexity index is 907. The number of methoxy groups -OCH3 is 1. The third-order valence-electron chi connectivity index (χ3n) is 4.25. The number of ether oxygens (including phenoxy) is 1. The Hall–Kier alpha value is -2.32. The molecule has 28 heavy (non-hydrogen) atoms. The van der Waals surface area contributed by atoms with Gasteiger partial charge in [-0.2, -0.15) is 0 Å². The molecule has 2 aromatic rings. The number of thiophene rings is 1. The molecule has 1 aromatic carbocycles. The number of carbonyl (C=O) groups excluding carboxylic acids is 3. The zero-order valence-electron chi connectivity index (χ0n) is 16.0. The lowest BCUT2D eigenvalue weighted by Gasteiger charge is -2.28. The summed E-state index contributed by atoms with van der Waals surface area (Å²) in [5, 5.41) is 5.13. The van der Waals surface area contributed by atoms with E-state index in [0.29, 0.717) is 28.7 Å². The number of para-hydroxylation sites is 1. The zero-order chi connectivity index (χ0) is 20.3. The van der Waals surface area contributed by atoms with Crippen LogP contribution in [0.15, 0.2) is 34.5 Å². The molecule has 0 unspecified atom stereocenters. The molecule has 0 saturated heterocycles. The second-order valence-corrected chi connectivity index (χ2v) is 8.74. The number of nitrogens with zero attached hydrogens (tertiary/aromatic N) is 1. The Morgan fingerprint density at radius 1 is 1.29 bits per heavy atom. The van der Waals surface area contributed by atoms with Gasteiger partial charge < -0.3 is 15.0 Å². The predicted octanol–water partition coefficient (Wildman–Crippen LogP) is 3.81. The van der Waals surface area contributed by atoms with Crippen LogP contribution in [0.25, 0.3) is 0 Å². The average molecular weight is 419 g/mol. The van der Waals surface area contributed by atoms with Crippen LogP contribution in [0.5, 0.6) is 0 Å². The van der Waals surface area contributed by atoms with Gasteiger partial charge in [0.1, 0.15) is 11.5 Å². The summed E-state index contributed by atoms with van der Waals surface area (Å²) in [6.45, 7) is 4.03. The van der Waals surface area contributed by atoms with E-state index in [0.717, 1.165) is 16.1 Å². The van der Waals surface area contributed by atoms with Crippen molar-refractivity contribution in [3.8, 4) is 0 Å². The van der Waals surface area contributed by atoms with Gasteiger partial charge in [-0.1, -0.05) is 26.0 Å². The maximum Gasteiger partial charge on any atom is 0.341 e. The summed E-state index contributed by atoms with van der Waals surface area (Å²) in [6.07, 6.45) is 0.714. The van der Waals surface area contributed by atoms with E-state index in [1.54, 1.807) is 0 Å². The second-order valence-electron chi connectivity index (χ2n) is 6.84. The highest BCUT2D eigenvalue weighted by Gasteiger charge is 2.27. The molecule has 0 fully saturated rings. The molecule has 1 aliphatic heterocycles. The smallest absolute Gasteiger partial charge is 0.341 e. The van der Waals surface area contributed by atoms with Crippen molar-refractivity contribution in [3.63, 3.8) is 0 Å².